The van der Waals surface area contributed by atoms with Crippen LogP contribution in [0.5, 0.6) is 0 Å². The molecule has 2 aliphatic heterocycles. The van der Waals surface area contributed by atoms with E-state index >= 15 is 0 Å². The topological polar surface area (TPSA) is 57.2 Å². The van der Waals surface area contributed by atoms with Crippen LogP contribution in [0.4, 0.5) is 0 Å². The normalized spacial score (nSPS) is 35.0. The fourth-order valence-corrected chi connectivity index (χ4v) is 6.05. The fourth-order valence-electron chi connectivity index (χ4n) is 6.05. The molecule has 0 spiro atoms. The second-order valence-corrected chi connectivity index (χ2v) is 11.3. The van der Waals surface area contributed by atoms with Crippen molar-refractivity contribution in [2.24, 2.45) is 23.2 Å². The Balaban J connectivity index is 1.55. The van der Waals surface area contributed by atoms with Crippen LogP contribution >= 0.6 is 0 Å². The summed E-state index contributed by atoms with van der Waals surface area (Å²) in [6.07, 6.45) is 11.7. The van der Waals surface area contributed by atoms with E-state index in [0.29, 0.717) is 11.8 Å². The molecule has 5 nitrogen and oxygen atoms in total. The highest BCUT2D eigenvalue weighted by atomic mass is 16.7. The third kappa shape index (κ3) is 7.12. The summed E-state index contributed by atoms with van der Waals surface area (Å²) < 4.78 is 24.9. The number of allylic oxidation sites excluding steroid dienone is 1. The molecule has 0 amide bonds. The van der Waals surface area contributed by atoms with Crippen molar-refractivity contribution >= 4 is 0 Å². The first-order chi connectivity index (χ1) is 17.0. The van der Waals surface area contributed by atoms with Crippen molar-refractivity contribution in [3.63, 3.8) is 0 Å². The van der Waals surface area contributed by atoms with Crippen molar-refractivity contribution in [3.05, 3.63) is 11.6 Å². The maximum absolute atomic E-state index is 9.43. The van der Waals surface area contributed by atoms with Crippen molar-refractivity contribution in [2.75, 3.05) is 19.8 Å². The minimum atomic E-state index is -0.258. The minimum absolute atomic E-state index is 0.0846. The Kier molecular flexibility index (Phi) is 9.74. The van der Waals surface area contributed by atoms with Gasteiger partial charge in [-0.25, -0.2) is 0 Å². The molecule has 0 aromatic carbocycles. The largest absolute Gasteiger partial charge is 0.392 e. The summed E-state index contributed by atoms with van der Waals surface area (Å²) in [4.78, 5) is 0. The standard InChI is InChI=1S/C30H44O5/c1-4-5-15-30(2,3)27(35-29-11-7-9-18-33-29)13-12-24-25-20-22(14-16-31)19-23(25)21-26(24)34-28-10-6-8-17-32-28/h14,23-29,31H,6-11,15-21H2,1-3H3/b22-14+/t23-,24+,25-,26+,27+,28?,29?/m0/s1. The third-order valence-corrected chi connectivity index (χ3v) is 8.11. The average molecular weight is 485 g/mol. The summed E-state index contributed by atoms with van der Waals surface area (Å²) in [6.45, 7) is 7.92. The molecule has 0 aromatic rings. The molecule has 5 heteroatoms. The van der Waals surface area contributed by atoms with Gasteiger partial charge in [-0.05, 0) is 76.5 Å². The summed E-state index contributed by atoms with van der Waals surface area (Å²) in [7, 11) is 0. The van der Waals surface area contributed by atoms with E-state index in [2.05, 4.69) is 37.5 Å². The van der Waals surface area contributed by atoms with Crippen LogP contribution < -0.4 is 0 Å². The van der Waals surface area contributed by atoms with Gasteiger partial charge in [-0.3, -0.25) is 0 Å². The van der Waals surface area contributed by atoms with Crippen molar-refractivity contribution in [1.82, 2.24) is 0 Å². The molecule has 4 aliphatic rings. The molecule has 2 aliphatic carbocycles. The van der Waals surface area contributed by atoms with Crippen LogP contribution in [0.2, 0.25) is 0 Å². The van der Waals surface area contributed by atoms with Crippen molar-refractivity contribution in [2.45, 2.75) is 110 Å². The quantitative estimate of drug-likeness (QED) is 0.397. The Hall–Kier alpha value is -1.34. The molecule has 2 unspecified atom stereocenters. The molecule has 35 heavy (non-hydrogen) atoms. The lowest BCUT2D eigenvalue weighted by molar-refractivity contribution is -0.194. The maximum Gasteiger partial charge on any atom is 0.159 e. The first kappa shape index (κ1) is 26.7. The molecule has 194 valence electrons. The zero-order valence-electron chi connectivity index (χ0n) is 21.9. The Morgan fingerprint density at radius 1 is 1.09 bits per heavy atom. The van der Waals surface area contributed by atoms with E-state index in [1.807, 2.05) is 13.0 Å². The lowest BCUT2D eigenvalue weighted by Gasteiger charge is -2.34. The van der Waals surface area contributed by atoms with Crippen LogP contribution in [0.15, 0.2) is 11.6 Å². The molecule has 2 heterocycles. The average Bonchev–Trinajstić information content (AvgIpc) is 3.39. The predicted molar refractivity (Wildman–Crippen MR) is 136 cm³/mol. The lowest BCUT2D eigenvalue weighted by Crippen LogP contribution is -2.37. The molecule has 2 saturated heterocycles. The van der Waals surface area contributed by atoms with Gasteiger partial charge in [0.2, 0.25) is 0 Å². The van der Waals surface area contributed by atoms with Gasteiger partial charge in [-0.2, -0.15) is 0 Å². The summed E-state index contributed by atoms with van der Waals surface area (Å²) >= 11 is 0. The van der Waals surface area contributed by atoms with Gasteiger partial charge in [-0.1, -0.05) is 37.3 Å². The first-order valence-electron chi connectivity index (χ1n) is 13.7. The van der Waals surface area contributed by atoms with E-state index in [4.69, 9.17) is 18.9 Å². The van der Waals surface area contributed by atoms with E-state index < -0.39 is 0 Å². The molecular formula is C30H44O5. The Bertz CT molecular complexity index is 828. The summed E-state index contributed by atoms with van der Waals surface area (Å²) in [6, 6.07) is 0. The molecule has 0 radical (unpaired) electrons. The predicted octanol–water partition coefficient (Wildman–Crippen LogP) is 5.22. The molecular weight excluding hydrogens is 440 g/mol. The smallest absolute Gasteiger partial charge is 0.159 e. The van der Waals surface area contributed by atoms with Gasteiger partial charge in [0.05, 0.1) is 18.6 Å². The molecule has 0 bridgehead atoms. The van der Waals surface area contributed by atoms with Crippen molar-refractivity contribution in [3.8, 4) is 23.7 Å². The number of aliphatic hydroxyl groups is 1. The zero-order valence-corrected chi connectivity index (χ0v) is 21.9. The molecule has 4 rings (SSSR count). The minimum Gasteiger partial charge on any atom is -0.392 e. The van der Waals surface area contributed by atoms with Crippen LogP contribution in [0.1, 0.15) is 85.0 Å². The van der Waals surface area contributed by atoms with E-state index in [1.165, 1.54) is 5.57 Å². The number of rotatable bonds is 7. The van der Waals surface area contributed by atoms with E-state index in [9.17, 15) is 5.11 Å². The number of fused-ring (bicyclic) bond motifs is 1. The van der Waals surface area contributed by atoms with Crippen LogP contribution in [0.25, 0.3) is 0 Å². The highest BCUT2D eigenvalue weighted by Gasteiger charge is 2.48. The third-order valence-electron chi connectivity index (χ3n) is 8.11. The van der Waals surface area contributed by atoms with Gasteiger partial charge in [0.15, 0.2) is 12.6 Å². The fraction of sp³-hybridized carbons (Fsp3) is 0.800. The number of ether oxygens (including phenoxy) is 4. The Morgan fingerprint density at radius 2 is 1.83 bits per heavy atom. The summed E-state index contributed by atoms with van der Waals surface area (Å²) in [5.41, 5.74) is 1.15. The first-order valence-corrected chi connectivity index (χ1v) is 13.7. The summed E-state index contributed by atoms with van der Waals surface area (Å²) in [5, 5.41) is 9.43. The van der Waals surface area contributed by atoms with Gasteiger partial charge in [0, 0.05) is 25.0 Å². The van der Waals surface area contributed by atoms with E-state index in [-0.39, 0.29) is 42.7 Å². The molecule has 2 saturated carbocycles. The number of hydrogen-bond acceptors (Lipinski definition) is 5. The van der Waals surface area contributed by atoms with Crippen LogP contribution in [-0.2, 0) is 18.9 Å². The Morgan fingerprint density at radius 3 is 2.49 bits per heavy atom. The second-order valence-electron chi connectivity index (χ2n) is 11.3. The van der Waals surface area contributed by atoms with Gasteiger partial charge in [0.25, 0.3) is 0 Å². The van der Waals surface area contributed by atoms with Crippen LogP contribution in [-0.4, -0.2) is 49.7 Å². The van der Waals surface area contributed by atoms with Gasteiger partial charge in [-0.15, -0.1) is 11.8 Å². The van der Waals surface area contributed by atoms with Gasteiger partial charge < -0.3 is 24.1 Å². The van der Waals surface area contributed by atoms with E-state index in [1.54, 1.807) is 0 Å². The van der Waals surface area contributed by atoms with Gasteiger partial charge in [0.1, 0.15) is 6.10 Å². The molecule has 0 aromatic heterocycles. The van der Waals surface area contributed by atoms with Crippen molar-refractivity contribution < 1.29 is 24.1 Å². The van der Waals surface area contributed by atoms with Crippen LogP contribution in [0, 0.1) is 46.9 Å². The van der Waals surface area contributed by atoms with Crippen LogP contribution in [0.3, 0.4) is 0 Å². The molecule has 4 fully saturated rings. The highest BCUT2D eigenvalue weighted by molar-refractivity contribution is 5.23. The van der Waals surface area contributed by atoms with E-state index in [0.717, 1.165) is 77.4 Å². The zero-order chi connectivity index (χ0) is 24.7. The lowest BCUT2D eigenvalue weighted by atomic mass is 9.82. The molecule has 1 N–H and O–H groups in total. The molecule has 7 atom stereocenters. The number of hydrogen-bond donors (Lipinski definition) is 1. The van der Waals surface area contributed by atoms with Gasteiger partial charge >= 0.3 is 0 Å². The SMILES string of the molecule is CC#CCC(C)(C)[C@@H](C#C[C@@H]1[C@H]2C/C(=C/CO)C[C@H]2C[C@H]1OC1CCCCO1)OC1CCCCO1. The Labute approximate surface area is 212 Å². The second kappa shape index (κ2) is 12.8. The monoisotopic (exact) mass is 484 g/mol. The maximum atomic E-state index is 9.43. The summed E-state index contributed by atoms with van der Waals surface area (Å²) in [5.74, 6) is 14.7. The van der Waals surface area contributed by atoms with Crippen molar-refractivity contribution in [1.29, 1.82) is 0 Å². The number of aliphatic hydroxyl groups excluding tert-OH is 1. The highest BCUT2D eigenvalue weighted by Crippen LogP contribution is 2.51.